The molecule has 0 heterocycles. The van der Waals surface area contributed by atoms with Crippen molar-refractivity contribution in [3.05, 3.63) is 28.2 Å². The summed E-state index contributed by atoms with van der Waals surface area (Å²) in [6.07, 6.45) is 0. The molecule has 0 spiro atoms. The molecule has 0 aliphatic carbocycles. The third-order valence-corrected chi connectivity index (χ3v) is 4.80. The lowest BCUT2D eigenvalue weighted by molar-refractivity contribution is 0.476. The van der Waals surface area contributed by atoms with E-state index in [0.29, 0.717) is 5.02 Å². The molecular weight excluding hydrogens is 281 g/mol. The van der Waals surface area contributed by atoms with Crippen LogP contribution in [0, 0.1) is 5.92 Å². The van der Waals surface area contributed by atoms with Gasteiger partial charge in [-0.15, -0.1) is 0 Å². The molecule has 0 radical (unpaired) electrons. The molecule has 0 fully saturated rings. The highest BCUT2D eigenvalue weighted by atomic mass is 35.5. The number of benzene rings is 1. The Morgan fingerprint density at radius 3 is 2.29 bits per heavy atom. The van der Waals surface area contributed by atoms with E-state index in [0.717, 1.165) is 0 Å². The van der Waals surface area contributed by atoms with Gasteiger partial charge in [0.1, 0.15) is 4.90 Å². The Balaban J connectivity index is 3.09. The van der Waals surface area contributed by atoms with Gasteiger partial charge in [0.2, 0.25) is 10.0 Å². The Morgan fingerprint density at radius 1 is 1.18 bits per heavy atom. The molecule has 1 N–H and O–H groups in total. The summed E-state index contributed by atoms with van der Waals surface area (Å²) in [5, 5.41) is 0.504. The summed E-state index contributed by atoms with van der Waals surface area (Å²) in [4.78, 5) is 0.0131. The molecule has 0 bridgehead atoms. The van der Waals surface area contributed by atoms with Crippen LogP contribution in [0.2, 0.25) is 10.0 Å². The average Bonchev–Trinajstić information content (AvgIpc) is 2.20. The maximum Gasteiger partial charge on any atom is 0.242 e. The number of nitrogens with one attached hydrogen (secondary N) is 1. The highest BCUT2D eigenvalue weighted by molar-refractivity contribution is 7.89. The summed E-state index contributed by atoms with van der Waals surface area (Å²) in [7, 11) is -3.62. The van der Waals surface area contributed by atoms with Crippen molar-refractivity contribution in [1.29, 1.82) is 0 Å². The van der Waals surface area contributed by atoms with Gasteiger partial charge in [0.15, 0.2) is 0 Å². The Hall–Kier alpha value is -0.290. The minimum Gasteiger partial charge on any atom is -0.208 e. The molecule has 6 heteroatoms. The Bertz CT molecular complexity index is 500. The van der Waals surface area contributed by atoms with Crippen molar-refractivity contribution in [3.8, 4) is 0 Å². The van der Waals surface area contributed by atoms with Gasteiger partial charge in [0, 0.05) is 11.1 Å². The second-order valence-corrected chi connectivity index (χ2v) is 6.75. The van der Waals surface area contributed by atoms with Gasteiger partial charge >= 0.3 is 0 Å². The van der Waals surface area contributed by atoms with Gasteiger partial charge in [0.05, 0.1) is 5.02 Å². The van der Waals surface area contributed by atoms with E-state index in [1.807, 2.05) is 13.8 Å². The first-order valence-corrected chi connectivity index (χ1v) is 7.45. The van der Waals surface area contributed by atoms with Crippen molar-refractivity contribution in [2.75, 3.05) is 0 Å². The summed E-state index contributed by atoms with van der Waals surface area (Å²) < 4.78 is 26.7. The Morgan fingerprint density at radius 2 is 1.76 bits per heavy atom. The van der Waals surface area contributed by atoms with Crippen LogP contribution in [0.15, 0.2) is 23.1 Å². The highest BCUT2D eigenvalue weighted by Gasteiger charge is 2.22. The second kappa shape index (κ2) is 5.57. The van der Waals surface area contributed by atoms with Crippen LogP contribution in [0.5, 0.6) is 0 Å². The summed E-state index contributed by atoms with van der Waals surface area (Å²) >= 11 is 11.6. The third-order valence-electron chi connectivity index (χ3n) is 2.52. The SMILES string of the molecule is CC(C)[C@@H](C)NS(=O)(=O)c1cc(Cl)ccc1Cl. The lowest BCUT2D eigenvalue weighted by Gasteiger charge is -2.18. The largest absolute Gasteiger partial charge is 0.242 e. The first-order chi connectivity index (χ1) is 7.74. The van der Waals surface area contributed by atoms with Crippen molar-refractivity contribution in [2.45, 2.75) is 31.7 Å². The van der Waals surface area contributed by atoms with Crippen LogP contribution in [-0.4, -0.2) is 14.5 Å². The fourth-order valence-electron chi connectivity index (χ4n) is 1.13. The van der Waals surface area contributed by atoms with E-state index in [2.05, 4.69) is 4.72 Å². The molecule has 0 aromatic heterocycles. The van der Waals surface area contributed by atoms with Crippen LogP contribution < -0.4 is 4.72 Å². The van der Waals surface area contributed by atoms with Gasteiger partial charge in [-0.2, -0.15) is 0 Å². The fourth-order valence-corrected chi connectivity index (χ4v) is 3.28. The molecule has 1 rings (SSSR count). The van der Waals surface area contributed by atoms with Crippen LogP contribution in [0.25, 0.3) is 0 Å². The second-order valence-electron chi connectivity index (χ2n) is 4.23. The monoisotopic (exact) mass is 295 g/mol. The maximum atomic E-state index is 12.1. The van der Waals surface area contributed by atoms with E-state index in [4.69, 9.17) is 23.2 Å². The molecule has 1 aromatic rings. The van der Waals surface area contributed by atoms with E-state index < -0.39 is 10.0 Å². The summed E-state index contributed by atoms with van der Waals surface area (Å²) in [5.41, 5.74) is 0. The van der Waals surface area contributed by atoms with Crippen molar-refractivity contribution < 1.29 is 8.42 Å². The van der Waals surface area contributed by atoms with Gasteiger partial charge in [0.25, 0.3) is 0 Å². The molecule has 0 saturated heterocycles. The summed E-state index contributed by atoms with van der Waals surface area (Å²) in [5.74, 6) is 0.197. The van der Waals surface area contributed by atoms with Gasteiger partial charge in [-0.25, -0.2) is 13.1 Å². The van der Waals surface area contributed by atoms with Crippen LogP contribution in [0.3, 0.4) is 0 Å². The van der Waals surface area contributed by atoms with Crippen molar-refractivity contribution in [2.24, 2.45) is 5.92 Å². The number of hydrogen-bond donors (Lipinski definition) is 1. The molecule has 1 aromatic carbocycles. The smallest absolute Gasteiger partial charge is 0.208 e. The number of halogens is 2. The highest BCUT2D eigenvalue weighted by Crippen LogP contribution is 2.25. The molecule has 0 amide bonds. The van der Waals surface area contributed by atoms with E-state index in [1.54, 1.807) is 13.0 Å². The number of sulfonamides is 1. The zero-order chi connectivity index (χ0) is 13.2. The molecule has 3 nitrogen and oxygen atoms in total. The Labute approximate surface area is 112 Å². The van der Waals surface area contributed by atoms with Crippen LogP contribution >= 0.6 is 23.2 Å². The van der Waals surface area contributed by atoms with Crippen molar-refractivity contribution >= 4 is 33.2 Å². The van der Waals surface area contributed by atoms with E-state index in [1.165, 1.54) is 12.1 Å². The molecule has 0 saturated carbocycles. The summed E-state index contributed by atoms with van der Waals surface area (Å²) in [6, 6.07) is 4.20. The lowest BCUT2D eigenvalue weighted by Crippen LogP contribution is -2.36. The van der Waals surface area contributed by atoms with Gasteiger partial charge in [-0.3, -0.25) is 0 Å². The topological polar surface area (TPSA) is 46.2 Å². The molecular formula is C11H15Cl2NO2S. The zero-order valence-electron chi connectivity index (χ0n) is 9.87. The minimum absolute atomic E-state index is 0.0131. The standard InChI is InChI=1S/C11H15Cl2NO2S/c1-7(2)8(3)14-17(15,16)11-6-9(12)4-5-10(11)13/h4-8,14H,1-3H3/t8-/m1/s1. The first-order valence-electron chi connectivity index (χ1n) is 5.21. The molecule has 96 valence electrons. The van der Waals surface area contributed by atoms with Crippen molar-refractivity contribution in [3.63, 3.8) is 0 Å². The predicted molar refractivity (Wildman–Crippen MR) is 71.1 cm³/mol. The predicted octanol–water partition coefficient (Wildman–Crippen LogP) is 3.32. The number of hydrogen-bond acceptors (Lipinski definition) is 2. The molecule has 1 atom stereocenters. The van der Waals surface area contributed by atoms with Crippen LogP contribution in [-0.2, 0) is 10.0 Å². The van der Waals surface area contributed by atoms with E-state index in [9.17, 15) is 8.42 Å². The van der Waals surface area contributed by atoms with E-state index >= 15 is 0 Å². The fraction of sp³-hybridized carbons (Fsp3) is 0.455. The number of rotatable bonds is 4. The maximum absolute atomic E-state index is 12.1. The Kier molecular flexibility index (Phi) is 4.84. The lowest BCUT2D eigenvalue weighted by atomic mass is 10.1. The van der Waals surface area contributed by atoms with Crippen molar-refractivity contribution in [1.82, 2.24) is 4.72 Å². The van der Waals surface area contributed by atoms with Gasteiger partial charge < -0.3 is 0 Å². The van der Waals surface area contributed by atoms with Gasteiger partial charge in [-0.1, -0.05) is 37.0 Å². The molecule has 17 heavy (non-hydrogen) atoms. The van der Waals surface area contributed by atoms with E-state index in [-0.39, 0.29) is 21.9 Å². The molecule has 0 unspecified atom stereocenters. The zero-order valence-corrected chi connectivity index (χ0v) is 12.2. The molecule has 0 aliphatic rings. The molecule has 0 aliphatic heterocycles. The average molecular weight is 296 g/mol. The normalized spacial score (nSPS) is 14.0. The van der Waals surface area contributed by atoms with Crippen LogP contribution in [0.4, 0.5) is 0 Å². The van der Waals surface area contributed by atoms with Gasteiger partial charge in [-0.05, 0) is 31.0 Å². The third kappa shape index (κ3) is 3.85. The summed E-state index contributed by atoms with van der Waals surface area (Å²) in [6.45, 7) is 5.68. The minimum atomic E-state index is -3.62. The first kappa shape index (κ1) is 14.8. The van der Waals surface area contributed by atoms with Crippen LogP contribution in [0.1, 0.15) is 20.8 Å². The quantitative estimate of drug-likeness (QED) is 0.926.